The number of rotatable bonds is 2. The van der Waals surface area contributed by atoms with Crippen LogP contribution >= 0.6 is 11.3 Å². The molecule has 2 heteroatoms. The molecule has 0 bridgehead atoms. The third-order valence-corrected chi connectivity index (χ3v) is 4.89. The van der Waals surface area contributed by atoms with E-state index in [4.69, 9.17) is 0 Å². The highest BCUT2D eigenvalue weighted by Gasteiger charge is 2.08. The number of allylic oxidation sites excluding steroid dienone is 1. The van der Waals surface area contributed by atoms with Gasteiger partial charge < -0.3 is 0 Å². The van der Waals surface area contributed by atoms with E-state index in [1.54, 1.807) is 11.3 Å². The van der Waals surface area contributed by atoms with E-state index in [9.17, 15) is 4.79 Å². The van der Waals surface area contributed by atoms with Gasteiger partial charge in [-0.15, -0.1) is 11.3 Å². The highest BCUT2D eigenvalue weighted by atomic mass is 32.1. The van der Waals surface area contributed by atoms with Gasteiger partial charge in [0.2, 0.25) is 0 Å². The van der Waals surface area contributed by atoms with Crippen molar-refractivity contribution >= 4 is 37.6 Å². The summed E-state index contributed by atoms with van der Waals surface area (Å²) < 4.78 is 2.12. The first-order valence-corrected chi connectivity index (χ1v) is 8.05. The van der Waals surface area contributed by atoms with E-state index in [2.05, 4.69) is 38.1 Å². The molecule has 0 saturated carbocycles. The van der Waals surface area contributed by atoms with E-state index in [-0.39, 0.29) is 5.43 Å². The Morgan fingerprint density at radius 3 is 2.33 bits per heavy atom. The summed E-state index contributed by atoms with van der Waals surface area (Å²) in [5, 5.41) is 1.67. The minimum atomic E-state index is 0.146. The van der Waals surface area contributed by atoms with Crippen LogP contribution in [0.1, 0.15) is 37.8 Å². The fraction of sp³-hybridized carbons (Fsp3) is 0.211. The lowest BCUT2D eigenvalue weighted by atomic mass is 10.0. The molecule has 0 aliphatic rings. The van der Waals surface area contributed by atoms with E-state index in [1.807, 2.05) is 31.2 Å². The molecule has 21 heavy (non-hydrogen) atoms. The normalized spacial score (nSPS) is 12.0. The third-order valence-electron chi connectivity index (χ3n) is 3.74. The highest BCUT2D eigenvalue weighted by molar-refractivity contribution is 7.24. The molecule has 1 heterocycles. The minimum absolute atomic E-state index is 0.146. The molecule has 0 aliphatic carbocycles. The molecule has 0 unspecified atom stereocenters. The SMILES string of the molecule is CC=Cc1ccc2sc3ccc(C(C)C)cc3c(=O)c2c1. The van der Waals surface area contributed by atoms with Crippen LogP contribution in [0.2, 0.25) is 0 Å². The predicted octanol–water partition coefficient (Wildman–Crippen LogP) is 5.57. The lowest BCUT2D eigenvalue weighted by Gasteiger charge is -2.07. The van der Waals surface area contributed by atoms with Crippen LogP contribution in [0.5, 0.6) is 0 Å². The van der Waals surface area contributed by atoms with Gasteiger partial charge in [-0.1, -0.05) is 38.1 Å². The minimum Gasteiger partial charge on any atom is -0.289 e. The maximum Gasteiger partial charge on any atom is 0.195 e. The Labute approximate surface area is 128 Å². The Bertz CT molecular complexity index is 900. The van der Waals surface area contributed by atoms with Crippen molar-refractivity contribution in [3.63, 3.8) is 0 Å². The van der Waals surface area contributed by atoms with Crippen LogP contribution in [-0.4, -0.2) is 0 Å². The Morgan fingerprint density at radius 2 is 1.67 bits per heavy atom. The van der Waals surface area contributed by atoms with Crippen molar-refractivity contribution in [1.29, 1.82) is 0 Å². The largest absolute Gasteiger partial charge is 0.289 e. The number of fused-ring (bicyclic) bond motifs is 2. The highest BCUT2D eigenvalue weighted by Crippen LogP contribution is 2.28. The molecular formula is C19H18OS. The smallest absolute Gasteiger partial charge is 0.195 e. The summed E-state index contributed by atoms with van der Waals surface area (Å²) in [6.07, 6.45) is 4.02. The van der Waals surface area contributed by atoms with Gasteiger partial charge in [-0.3, -0.25) is 4.79 Å². The molecule has 0 radical (unpaired) electrons. The van der Waals surface area contributed by atoms with E-state index < -0.39 is 0 Å². The summed E-state index contributed by atoms with van der Waals surface area (Å²) >= 11 is 1.69. The fourth-order valence-electron chi connectivity index (χ4n) is 2.55. The molecule has 0 aliphatic heterocycles. The van der Waals surface area contributed by atoms with E-state index in [1.165, 1.54) is 5.56 Å². The molecule has 0 atom stereocenters. The molecule has 1 aromatic heterocycles. The standard InChI is InChI=1S/C19H18OS/c1-4-5-13-6-8-17-15(10-13)19(20)16-11-14(12(2)3)7-9-18(16)21-17/h4-12H,1-3H3. The second kappa shape index (κ2) is 5.45. The van der Waals surface area contributed by atoms with Crippen LogP contribution in [0, 0.1) is 0 Å². The zero-order chi connectivity index (χ0) is 15.0. The number of benzene rings is 2. The number of hydrogen-bond donors (Lipinski definition) is 0. The summed E-state index contributed by atoms with van der Waals surface area (Å²) in [7, 11) is 0. The van der Waals surface area contributed by atoms with E-state index in [0.717, 1.165) is 25.7 Å². The van der Waals surface area contributed by atoms with Gasteiger partial charge >= 0.3 is 0 Å². The summed E-state index contributed by atoms with van der Waals surface area (Å²) in [4.78, 5) is 12.8. The number of hydrogen-bond acceptors (Lipinski definition) is 2. The molecule has 3 aromatic rings. The first kappa shape index (κ1) is 14.0. The zero-order valence-corrected chi connectivity index (χ0v) is 13.3. The Balaban J connectivity index is 2.36. The van der Waals surface area contributed by atoms with Crippen molar-refractivity contribution in [2.24, 2.45) is 0 Å². The van der Waals surface area contributed by atoms with Crippen molar-refractivity contribution in [1.82, 2.24) is 0 Å². The summed E-state index contributed by atoms with van der Waals surface area (Å²) in [5.74, 6) is 0.434. The average Bonchev–Trinajstić information content (AvgIpc) is 2.48. The molecule has 0 fully saturated rings. The van der Waals surface area contributed by atoms with Gasteiger partial charge in [-0.2, -0.15) is 0 Å². The molecule has 0 spiro atoms. The quantitative estimate of drug-likeness (QED) is 0.565. The van der Waals surface area contributed by atoms with Gasteiger partial charge in [0.15, 0.2) is 5.43 Å². The predicted molar refractivity (Wildman–Crippen MR) is 94.4 cm³/mol. The monoisotopic (exact) mass is 294 g/mol. The molecular weight excluding hydrogens is 276 g/mol. The van der Waals surface area contributed by atoms with Crippen LogP contribution in [0.25, 0.3) is 26.2 Å². The van der Waals surface area contributed by atoms with Crippen LogP contribution in [0.4, 0.5) is 0 Å². The molecule has 106 valence electrons. The van der Waals surface area contributed by atoms with Gasteiger partial charge in [0.1, 0.15) is 0 Å². The first-order valence-electron chi connectivity index (χ1n) is 7.23. The lowest BCUT2D eigenvalue weighted by molar-refractivity contribution is 0.869. The van der Waals surface area contributed by atoms with Crippen LogP contribution in [-0.2, 0) is 0 Å². The van der Waals surface area contributed by atoms with Crippen LogP contribution in [0.15, 0.2) is 47.3 Å². The van der Waals surface area contributed by atoms with Crippen molar-refractivity contribution in [3.8, 4) is 0 Å². The van der Waals surface area contributed by atoms with Gasteiger partial charge in [-0.05, 0) is 48.2 Å². The van der Waals surface area contributed by atoms with Crippen LogP contribution < -0.4 is 5.43 Å². The fourth-order valence-corrected chi connectivity index (χ4v) is 3.58. The molecule has 0 amide bonds. The lowest BCUT2D eigenvalue weighted by Crippen LogP contribution is -2.02. The second-order valence-corrected chi connectivity index (χ2v) is 6.68. The van der Waals surface area contributed by atoms with Gasteiger partial charge in [0.05, 0.1) is 0 Å². The summed E-state index contributed by atoms with van der Waals surface area (Å²) in [6, 6.07) is 12.4. The van der Waals surface area contributed by atoms with E-state index in [0.29, 0.717) is 5.92 Å². The maximum absolute atomic E-state index is 12.8. The Hall–Kier alpha value is -1.93. The van der Waals surface area contributed by atoms with Gasteiger partial charge in [0, 0.05) is 20.2 Å². The van der Waals surface area contributed by atoms with Crippen molar-refractivity contribution in [2.45, 2.75) is 26.7 Å². The average molecular weight is 294 g/mol. The zero-order valence-electron chi connectivity index (χ0n) is 12.5. The summed E-state index contributed by atoms with van der Waals surface area (Å²) in [5.41, 5.74) is 2.44. The molecule has 1 nitrogen and oxygen atoms in total. The Morgan fingerprint density at radius 1 is 1.00 bits per heavy atom. The topological polar surface area (TPSA) is 17.1 Å². The summed E-state index contributed by atoms with van der Waals surface area (Å²) in [6.45, 7) is 6.29. The van der Waals surface area contributed by atoms with Crippen molar-refractivity contribution < 1.29 is 0 Å². The van der Waals surface area contributed by atoms with Gasteiger partial charge in [-0.25, -0.2) is 0 Å². The second-order valence-electron chi connectivity index (χ2n) is 5.60. The maximum atomic E-state index is 12.8. The molecule has 3 rings (SSSR count). The van der Waals surface area contributed by atoms with Crippen molar-refractivity contribution in [3.05, 3.63) is 63.8 Å². The molecule has 2 aromatic carbocycles. The molecule has 0 N–H and O–H groups in total. The molecule has 0 saturated heterocycles. The first-order chi connectivity index (χ1) is 10.1. The van der Waals surface area contributed by atoms with Crippen molar-refractivity contribution in [2.75, 3.05) is 0 Å². The Kier molecular flexibility index (Phi) is 3.64. The van der Waals surface area contributed by atoms with Gasteiger partial charge in [0.25, 0.3) is 0 Å². The third kappa shape index (κ3) is 2.52. The van der Waals surface area contributed by atoms with Crippen LogP contribution in [0.3, 0.4) is 0 Å². The van der Waals surface area contributed by atoms with E-state index >= 15 is 0 Å².